The van der Waals surface area contributed by atoms with Crippen LogP contribution in [0.3, 0.4) is 0 Å². The molecule has 0 saturated heterocycles. The quantitative estimate of drug-likeness (QED) is 0.635. The van der Waals surface area contributed by atoms with Gasteiger partial charge >= 0.3 is 5.69 Å². The van der Waals surface area contributed by atoms with Crippen LogP contribution in [0, 0.1) is 21.7 Å². The molecule has 10 heteroatoms. The second-order valence-corrected chi connectivity index (χ2v) is 6.50. The molecular formula is C11H13F2N3O4S. The Balaban J connectivity index is 2.40. The topological polar surface area (TPSA) is 115 Å². The van der Waals surface area contributed by atoms with Gasteiger partial charge in [-0.1, -0.05) is 6.42 Å². The Morgan fingerprint density at radius 1 is 1.29 bits per heavy atom. The molecule has 0 spiro atoms. The first-order valence-corrected chi connectivity index (χ1v) is 7.62. The van der Waals surface area contributed by atoms with E-state index in [-0.39, 0.29) is 6.07 Å². The summed E-state index contributed by atoms with van der Waals surface area (Å²) in [6.45, 7) is 0. The predicted molar refractivity (Wildman–Crippen MR) is 68.9 cm³/mol. The minimum atomic E-state index is -4.36. The van der Waals surface area contributed by atoms with Gasteiger partial charge in [0.2, 0.25) is 15.8 Å². The molecule has 2 rings (SSSR count). The highest BCUT2D eigenvalue weighted by Gasteiger charge is 2.32. The molecule has 0 aliphatic heterocycles. The maximum atomic E-state index is 13.6. The number of rotatable bonds is 4. The molecule has 2 atom stereocenters. The molecule has 116 valence electrons. The molecular weight excluding hydrogens is 308 g/mol. The Morgan fingerprint density at radius 3 is 2.48 bits per heavy atom. The molecule has 21 heavy (non-hydrogen) atoms. The van der Waals surface area contributed by atoms with Crippen molar-refractivity contribution in [3.05, 3.63) is 33.9 Å². The van der Waals surface area contributed by atoms with Gasteiger partial charge in [-0.05, 0) is 12.8 Å². The average Bonchev–Trinajstić information content (AvgIpc) is 2.73. The number of nitrogens with two attached hydrogens (primary N) is 1. The van der Waals surface area contributed by atoms with Crippen LogP contribution in [0.1, 0.15) is 19.3 Å². The molecule has 3 N–H and O–H groups in total. The Kier molecular flexibility index (Phi) is 4.21. The molecule has 1 fully saturated rings. The Morgan fingerprint density at radius 2 is 1.95 bits per heavy atom. The molecule has 0 bridgehead atoms. The van der Waals surface area contributed by atoms with Gasteiger partial charge in [-0.2, -0.15) is 4.39 Å². The Bertz CT molecular complexity index is 680. The fraction of sp³-hybridized carbons (Fsp3) is 0.455. The number of hydrogen-bond acceptors (Lipinski definition) is 5. The molecule has 0 radical (unpaired) electrons. The Hall–Kier alpha value is -1.65. The zero-order valence-electron chi connectivity index (χ0n) is 10.8. The molecule has 1 saturated carbocycles. The third-order valence-electron chi connectivity index (χ3n) is 3.36. The number of nitro benzene ring substituents is 1. The van der Waals surface area contributed by atoms with E-state index in [2.05, 4.69) is 4.72 Å². The molecule has 1 aliphatic carbocycles. The SMILES string of the molecule is NC1CCCC1NS(=O)(=O)c1cc([N+](=O)[O-])c(F)cc1F. The molecule has 0 heterocycles. The summed E-state index contributed by atoms with van der Waals surface area (Å²) in [5, 5.41) is 10.6. The average molecular weight is 321 g/mol. The number of nitrogens with zero attached hydrogens (tertiary/aromatic N) is 1. The van der Waals surface area contributed by atoms with Crippen molar-refractivity contribution in [1.29, 1.82) is 0 Å². The van der Waals surface area contributed by atoms with Crippen LogP contribution in [0.4, 0.5) is 14.5 Å². The first-order valence-electron chi connectivity index (χ1n) is 6.13. The summed E-state index contributed by atoms with van der Waals surface area (Å²) in [7, 11) is -4.36. The zero-order valence-corrected chi connectivity index (χ0v) is 11.6. The largest absolute Gasteiger partial charge is 0.326 e. The summed E-state index contributed by atoms with van der Waals surface area (Å²) in [5.41, 5.74) is 4.61. The van der Waals surface area contributed by atoms with E-state index in [0.29, 0.717) is 18.9 Å². The summed E-state index contributed by atoms with van der Waals surface area (Å²) in [6, 6.07) is -0.425. The summed E-state index contributed by atoms with van der Waals surface area (Å²) < 4.78 is 53.3. The molecule has 0 amide bonds. The van der Waals surface area contributed by atoms with Crippen molar-refractivity contribution in [3.63, 3.8) is 0 Å². The van der Waals surface area contributed by atoms with Gasteiger partial charge in [0.15, 0.2) is 0 Å². The maximum absolute atomic E-state index is 13.6. The number of sulfonamides is 1. The number of hydrogen-bond donors (Lipinski definition) is 2. The van der Waals surface area contributed by atoms with Gasteiger partial charge < -0.3 is 5.73 Å². The van der Waals surface area contributed by atoms with Gasteiger partial charge in [0.25, 0.3) is 0 Å². The van der Waals surface area contributed by atoms with Gasteiger partial charge in [0, 0.05) is 24.2 Å². The van der Waals surface area contributed by atoms with Crippen molar-refractivity contribution in [1.82, 2.24) is 4.72 Å². The van der Waals surface area contributed by atoms with Crippen molar-refractivity contribution < 1.29 is 22.1 Å². The molecule has 1 aromatic carbocycles. The smallest absolute Gasteiger partial charge is 0.306 e. The lowest BCUT2D eigenvalue weighted by Gasteiger charge is -2.17. The van der Waals surface area contributed by atoms with E-state index in [1.807, 2.05) is 0 Å². The highest BCUT2D eigenvalue weighted by molar-refractivity contribution is 7.89. The monoisotopic (exact) mass is 321 g/mol. The second kappa shape index (κ2) is 5.62. The van der Waals surface area contributed by atoms with Crippen molar-refractivity contribution in [2.75, 3.05) is 0 Å². The van der Waals surface area contributed by atoms with Gasteiger partial charge in [-0.15, -0.1) is 0 Å². The molecule has 7 nitrogen and oxygen atoms in total. The molecule has 1 aliphatic rings. The minimum absolute atomic E-state index is 0.182. The maximum Gasteiger partial charge on any atom is 0.306 e. The van der Waals surface area contributed by atoms with E-state index in [4.69, 9.17) is 5.73 Å². The lowest BCUT2D eigenvalue weighted by atomic mass is 10.2. The summed E-state index contributed by atoms with van der Waals surface area (Å²) in [6.07, 6.45) is 1.84. The molecule has 1 aromatic rings. The standard InChI is InChI=1S/C11H13F2N3O4S/c12-6-4-7(13)11(5-10(6)16(17)18)21(19,20)15-9-3-1-2-8(9)14/h4-5,8-9,15H,1-3,14H2. The van der Waals surface area contributed by atoms with E-state index in [1.54, 1.807) is 0 Å². The van der Waals surface area contributed by atoms with E-state index in [0.717, 1.165) is 6.42 Å². The normalized spacial score (nSPS) is 22.4. The van der Waals surface area contributed by atoms with Gasteiger partial charge in [-0.25, -0.2) is 17.5 Å². The van der Waals surface area contributed by atoms with E-state index >= 15 is 0 Å². The van der Waals surface area contributed by atoms with E-state index < -0.39 is 49.2 Å². The second-order valence-electron chi connectivity index (χ2n) is 4.81. The zero-order chi connectivity index (χ0) is 15.8. The van der Waals surface area contributed by atoms with Crippen LogP contribution in [0.15, 0.2) is 17.0 Å². The van der Waals surface area contributed by atoms with Crippen LogP contribution in [0.2, 0.25) is 0 Å². The van der Waals surface area contributed by atoms with Crippen LogP contribution >= 0.6 is 0 Å². The highest BCUT2D eigenvalue weighted by atomic mass is 32.2. The fourth-order valence-corrected chi connectivity index (χ4v) is 3.66. The third-order valence-corrected chi connectivity index (χ3v) is 4.87. The van der Waals surface area contributed by atoms with Crippen LogP contribution in [0.25, 0.3) is 0 Å². The van der Waals surface area contributed by atoms with Crippen molar-refractivity contribution >= 4 is 15.7 Å². The predicted octanol–water partition coefficient (Wildman–Crippen LogP) is 1.03. The molecule has 2 unspecified atom stereocenters. The third kappa shape index (κ3) is 3.17. The lowest BCUT2D eigenvalue weighted by molar-refractivity contribution is -0.387. The fourth-order valence-electron chi connectivity index (χ4n) is 2.26. The van der Waals surface area contributed by atoms with Gasteiger partial charge in [0.1, 0.15) is 10.7 Å². The van der Waals surface area contributed by atoms with Gasteiger partial charge in [0.05, 0.1) is 4.92 Å². The lowest BCUT2D eigenvalue weighted by Crippen LogP contribution is -2.44. The van der Waals surface area contributed by atoms with Crippen LogP contribution < -0.4 is 10.5 Å². The van der Waals surface area contributed by atoms with Crippen LogP contribution in [0.5, 0.6) is 0 Å². The van der Waals surface area contributed by atoms with Crippen molar-refractivity contribution in [2.45, 2.75) is 36.2 Å². The first-order chi connectivity index (χ1) is 9.72. The summed E-state index contributed by atoms with van der Waals surface area (Å²) in [5.74, 6) is -2.83. The van der Waals surface area contributed by atoms with Crippen LogP contribution in [-0.2, 0) is 10.0 Å². The number of benzene rings is 1. The number of nitro groups is 1. The Labute approximate surface area is 119 Å². The highest BCUT2D eigenvalue weighted by Crippen LogP contribution is 2.26. The molecule has 0 aromatic heterocycles. The minimum Gasteiger partial charge on any atom is -0.326 e. The van der Waals surface area contributed by atoms with E-state index in [1.165, 1.54) is 0 Å². The van der Waals surface area contributed by atoms with Crippen LogP contribution in [-0.4, -0.2) is 25.4 Å². The number of nitrogens with one attached hydrogen (secondary N) is 1. The van der Waals surface area contributed by atoms with Crippen molar-refractivity contribution in [2.24, 2.45) is 5.73 Å². The van der Waals surface area contributed by atoms with Crippen molar-refractivity contribution in [3.8, 4) is 0 Å². The summed E-state index contributed by atoms with van der Waals surface area (Å²) >= 11 is 0. The van der Waals surface area contributed by atoms with Gasteiger partial charge in [-0.3, -0.25) is 10.1 Å². The first kappa shape index (κ1) is 15.7. The summed E-state index contributed by atoms with van der Waals surface area (Å²) in [4.78, 5) is 8.54. The van der Waals surface area contributed by atoms with E-state index in [9.17, 15) is 27.3 Å². The number of halogens is 2.